The fourth-order valence-corrected chi connectivity index (χ4v) is 3.02. The molecule has 0 aliphatic carbocycles. The Bertz CT molecular complexity index is 451. The fourth-order valence-electron chi connectivity index (χ4n) is 3.02. The Labute approximate surface area is 122 Å². The fraction of sp³-hybridized carbons (Fsp3) is 0.647. The van der Waals surface area contributed by atoms with Crippen LogP contribution < -0.4 is 10.2 Å². The first-order valence-electron chi connectivity index (χ1n) is 7.68. The van der Waals surface area contributed by atoms with Gasteiger partial charge in [-0.1, -0.05) is 33.8 Å². The van der Waals surface area contributed by atoms with Gasteiger partial charge in [0.1, 0.15) is 5.82 Å². The van der Waals surface area contributed by atoms with E-state index in [1.165, 1.54) is 5.56 Å². The van der Waals surface area contributed by atoms with E-state index in [4.69, 9.17) is 0 Å². The second-order valence-corrected chi connectivity index (χ2v) is 6.78. The van der Waals surface area contributed by atoms with Crippen LogP contribution >= 0.6 is 0 Å². The van der Waals surface area contributed by atoms with Crippen LogP contribution in [0.3, 0.4) is 0 Å². The van der Waals surface area contributed by atoms with E-state index in [1.54, 1.807) is 12.1 Å². The molecular weight excluding hydrogens is 251 g/mol. The largest absolute Gasteiger partial charge is 0.371 e. The van der Waals surface area contributed by atoms with Gasteiger partial charge in [0, 0.05) is 24.8 Å². The van der Waals surface area contributed by atoms with Crippen molar-refractivity contribution in [1.29, 1.82) is 0 Å². The zero-order chi connectivity index (χ0) is 14.8. The van der Waals surface area contributed by atoms with E-state index < -0.39 is 0 Å². The molecule has 0 aromatic heterocycles. The van der Waals surface area contributed by atoms with Crippen molar-refractivity contribution < 1.29 is 4.39 Å². The molecule has 0 saturated heterocycles. The Morgan fingerprint density at radius 3 is 2.75 bits per heavy atom. The molecule has 1 heterocycles. The molecule has 20 heavy (non-hydrogen) atoms. The van der Waals surface area contributed by atoms with Gasteiger partial charge in [-0.15, -0.1) is 0 Å². The summed E-state index contributed by atoms with van der Waals surface area (Å²) < 4.78 is 13.4. The molecule has 1 aliphatic rings. The van der Waals surface area contributed by atoms with Gasteiger partial charge in [-0.25, -0.2) is 4.39 Å². The Balaban J connectivity index is 2.00. The van der Waals surface area contributed by atoms with Gasteiger partial charge >= 0.3 is 0 Å². The maximum absolute atomic E-state index is 13.4. The average molecular weight is 278 g/mol. The third-order valence-electron chi connectivity index (χ3n) is 4.22. The van der Waals surface area contributed by atoms with Crippen LogP contribution in [0.1, 0.15) is 39.7 Å². The number of benzene rings is 1. The Hall–Kier alpha value is -1.09. The molecule has 0 bridgehead atoms. The average Bonchev–Trinajstić information content (AvgIpc) is 2.75. The molecule has 0 spiro atoms. The highest BCUT2D eigenvalue weighted by Crippen LogP contribution is 2.30. The number of hydrogen-bond acceptors (Lipinski definition) is 2. The summed E-state index contributed by atoms with van der Waals surface area (Å²) in [5.41, 5.74) is 2.62. The van der Waals surface area contributed by atoms with Crippen molar-refractivity contribution in [3.8, 4) is 0 Å². The summed E-state index contributed by atoms with van der Waals surface area (Å²) >= 11 is 0. The van der Waals surface area contributed by atoms with Gasteiger partial charge in [0.2, 0.25) is 0 Å². The summed E-state index contributed by atoms with van der Waals surface area (Å²) in [7, 11) is 0. The molecule has 1 atom stereocenters. The summed E-state index contributed by atoms with van der Waals surface area (Å²) in [6.45, 7) is 12.0. The maximum Gasteiger partial charge on any atom is 0.125 e. The van der Waals surface area contributed by atoms with Crippen LogP contribution in [0.25, 0.3) is 0 Å². The van der Waals surface area contributed by atoms with E-state index in [2.05, 4.69) is 37.9 Å². The van der Waals surface area contributed by atoms with E-state index in [0.29, 0.717) is 6.04 Å². The third kappa shape index (κ3) is 3.51. The molecule has 2 nitrogen and oxygen atoms in total. The standard InChI is InChI=1S/C17H27FN2/c1-5-19-16(17(2,3)4)9-11-20-10-8-13-6-7-14(18)12-15(13)20/h6-7,12,16,19H,5,8-11H2,1-4H3. The molecule has 1 N–H and O–H groups in total. The van der Waals surface area contributed by atoms with Crippen molar-refractivity contribution >= 4 is 5.69 Å². The van der Waals surface area contributed by atoms with Crippen molar-refractivity contribution in [3.63, 3.8) is 0 Å². The summed E-state index contributed by atoms with van der Waals surface area (Å²) in [6, 6.07) is 5.67. The predicted molar refractivity (Wildman–Crippen MR) is 83.9 cm³/mol. The summed E-state index contributed by atoms with van der Waals surface area (Å²) in [5.74, 6) is -0.130. The first kappa shape index (κ1) is 15.3. The second-order valence-electron chi connectivity index (χ2n) is 6.78. The monoisotopic (exact) mass is 278 g/mol. The summed E-state index contributed by atoms with van der Waals surface area (Å²) in [6.07, 6.45) is 2.13. The highest BCUT2D eigenvalue weighted by molar-refractivity contribution is 5.58. The highest BCUT2D eigenvalue weighted by Gasteiger charge is 2.26. The van der Waals surface area contributed by atoms with Gasteiger partial charge in [0.05, 0.1) is 0 Å². The van der Waals surface area contributed by atoms with Crippen LogP contribution in [0.5, 0.6) is 0 Å². The van der Waals surface area contributed by atoms with E-state index >= 15 is 0 Å². The lowest BCUT2D eigenvalue weighted by atomic mass is 9.84. The minimum atomic E-state index is -0.130. The van der Waals surface area contributed by atoms with Gasteiger partial charge in [-0.3, -0.25) is 0 Å². The third-order valence-corrected chi connectivity index (χ3v) is 4.22. The second kappa shape index (κ2) is 6.13. The van der Waals surface area contributed by atoms with Crippen LogP contribution in [0.2, 0.25) is 0 Å². The van der Waals surface area contributed by atoms with E-state index in [0.717, 1.165) is 38.2 Å². The van der Waals surface area contributed by atoms with E-state index in [1.807, 2.05) is 6.07 Å². The molecule has 1 unspecified atom stereocenters. The number of halogens is 1. The van der Waals surface area contributed by atoms with E-state index in [9.17, 15) is 4.39 Å². The molecule has 1 aliphatic heterocycles. The van der Waals surface area contributed by atoms with Gasteiger partial charge in [0.15, 0.2) is 0 Å². The SMILES string of the molecule is CCNC(CCN1CCc2ccc(F)cc21)C(C)(C)C. The van der Waals surface area contributed by atoms with Crippen LogP contribution in [0.4, 0.5) is 10.1 Å². The van der Waals surface area contributed by atoms with Gasteiger partial charge in [-0.2, -0.15) is 0 Å². The van der Waals surface area contributed by atoms with E-state index in [-0.39, 0.29) is 11.2 Å². The van der Waals surface area contributed by atoms with Crippen molar-refractivity contribution in [2.45, 2.75) is 46.6 Å². The Morgan fingerprint density at radius 2 is 2.10 bits per heavy atom. The molecule has 1 aromatic carbocycles. The topological polar surface area (TPSA) is 15.3 Å². The molecule has 0 radical (unpaired) electrons. The summed E-state index contributed by atoms with van der Waals surface area (Å²) in [5, 5.41) is 3.58. The lowest BCUT2D eigenvalue weighted by Crippen LogP contribution is -2.42. The van der Waals surface area contributed by atoms with Crippen molar-refractivity contribution in [3.05, 3.63) is 29.6 Å². The van der Waals surface area contributed by atoms with Crippen molar-refractivity contribution in [2.24, 2.45) is 5.41 Å². The number of nitrogens with one attached hydrogen (secondary N) is 1. The van der Waals surface area contributed by atoms with Crippen LogP contribution in [-0.4, -0.2) is 25.7 Å². The van der Waals surface area contributed by atoms with Crippen LogP contribution in [0, 0.1) is 11.2 Å². The maximum atomic E-state index is 13.4. The molecule has 112 valence electrons. The van der Waals surface area contributed by atoms with Crippen LogP contribution in [0.15, 0.2) is 18.2 Å². The zero-order valence-corrected chi connectivity index (χ0v) is 13.2. The lowest BCUT2D eigenvalue weighted by Gasteiger charge is -2.33. The van der Waals surface area contributed by atoms with Gasteiger partial charge < -0.3 is 10.2 Å². The molecule has 0 amide bonds. The molecular formula is C17H27FN2. The molecule has 1 aromatic rings. The van der Waals surface area contributed by atoms with Gasteiger partial charge in [-0.05, 0) is 42.5 Å². The summed E-state index contributed by atoms with van der Waals surface area (Å²) in [4.78, 5) is 2.33. The quantitative estimate of drug-likeness (QED) is 0.885. The van der Waals surface area contributed by atoms with Crippen LogP contribution in [-0.2, 0) is 6.42 Å². The number of rotatable bonds is 5. The Kier molecular flexibility index (Phi) is 4.69. The zero-order valence-electron chi connectivity index (χ0n) is 13.2. The highest BCUT2D eigenvalue weighted by atomic mass is 19.1. The normalized spacial score (nSPS) is 16.4. The number of anilines is 1. The minimum Gasteiger partial charge on any atom is -0.371 e. The lowest BCUT2D eigenvalue weighted by molar-refractivity contribution is 0.260. The first-order valence-corrected chi connectivity index (χ1v) is 7.68. The Morgan fingerprint density at radius 1 is 1.35 bits per heavy atom. The van der Waals surface area contributed by atoms with Crippen molar-refractivity contribution in [1.82, 2.24) is 5.32 Å². The predicted octanol–water partition coefficient (Wildman–Crippen LogP) is 3.60. The molecule has 3 heteroatoms. The molecule has 0 saturated carbocycles. The molecule has 0 fully saturated rings. The minimum absolute atomic E-state index is 0.130. The number of nitrogens with zero attached hydrogens (tertiary/aromatic N) is 1. The number of fused-ring (bicyclic) bond motifs is 1. The van der Waals surface area contributed by atoms with Crippen molar-refractivity contribution in [2.75, 3.05) is 24.5 Å². The molecule has 2 rings (SSSR count). The first-order chi connectivity index (χ1) is 9.41. The smallest absolute Gasteiger partial charge is 0.125 e. The number of hydrogen-bond donors (Lipinski definition) is 1. The van der Waals surface area contributed by atoms with Gasteiger partial charge in [0.25, 0.3) is 0 Å².